The minimum atomic E-state index is 0.870. The van der Waals surface area contributed by atoms with Gasteiger partial charge in [-0.25, -0.2) is 9.97 Å². The molecule has 15 heavy (non-hydrogen) atoms. The van der Waals surface area contributed by atoms with Crippen LogP contribution in [0.3, 0.4) is 0 Å². The quantitative estimate of drug-likeness (QED) is 0.817. The fourth-order valence-electron chi connectivity index (χ4n) is 2.35. The molecule has 1 aliphatic carbocycles. The van der Waals surface area contributed by atoms with Gasteiger partial charge < -0.3 is 5.32 Å². The SMILES string of the molecule is CC1CCCC1CNCc1cncnc1. The summed E-state index contributed by atoms with van der Waals surface area (Å²) in [6.07, 6.45) is 9.51. The van der Waals surface area contributed by atoms with Gasteiger partial charge in [-0.3, -0.25) is 0 Å². The molecule has 0 saturated heterocycles. The monoisotopic (exact) mass is 205 g/mol. The molecule has 0 aromatic carbocycles. The predicted molar refractivity (Wildman–Crippen MR) is 60.2 cm³/mol. The molecule has 1 aliphatic rings. The second kappa shape index (κ2) is 5.21. The lowest BCUT2D eigenvalue weighted by Gasteiger charge is -2.15. The molecular weight excluding hydrogens is 186 g/mol. The van der Waals surface area contributed by atoms with Gasteiger partial charge in [-0.1, -0.05) is 19.8 Å². The van der Waals surface area contributed by atoms with Crippen molar-refractivity contribution in [2.24, 2.45) is 11.8 Å². The molecule has 2 atom stereocenters. The maximum absolute atomic E-state index is 4.00. The largest absolute Gasteiger partial charge is 0.312 e. The summed E-state index contributed by atoms with van der Waals surface area (Å²) in [4.78, 5) is 8.00. The van der Waals surface area contributed by atoms with Gasteiger partial charge in [-0.05, 0) is 24.8 Å². The Hall–Kier alpha value is -0.960. The molecule has 1 aromatic rings. The summed E-state index contributed by atoms with van der Waals surface area (Å²) in [7, 11) is 0. The third-order valence-electron chi connectivity index (χ3n) is 3.39. The molecule has 3 nitrogen and oxygen atoms in total. The van der Waals surface area contributed by atoms with E-state index in [4.69, 9.17) is 0 Å². The second-order valence-corrected chi connectivity index (χ2v) is 4.55. The zero-order chi connectivity index (χ0) is 10.5. The number of rotatable bonds is 4. The number of aromatic nitrogens is 2. The summed E-state index contributed by atoms with van der Waals surface area (Å²) >= 11 is 0. The number of hydrogen-bond donors (Lipinski definition) is 1. The first-order chi connectivity index (χ1) is 7.36. The van der Waals surface area contributed by atoms with Crippen LogP contribution in [0.1, 0.15) is 31.7 Å². The molecule has 3 heteroatoms. The van der Waals surface area contributed by atoms with Crippen molar-refractivity contribution < 1.29 is 0 Å². The minimum absolute atomic E-state index is 0.870. The average Bonchev–Trinajstić information content (AvgIpc) is 2.66. The number of nitrogens with zero attached hydrogens (tertiary/aromatic N) is 2. The molecule has 2 unspecified atom stereocenters. The first-order valence-corrected chi connectivity index (χ1v) is 5.81. The van der Waals surface area contributed by atoms with Gasteiger partial charge in [0.1, 0.15) is 6.33 Å². The van der Waals surface area contributed by atoms with Crippen molar-refractivity contribution in [3.63, 3.8) is 0 Å². The Morgan fingerprint density at radius 3 is 2.80 bits per heavy atom. The summed E-state index contributed by atoms with van der Waals surface area (Å²) in [6, 6.07) is 0. The molecule has 1 heterocycles. The van der Waals surface area contributed by atoms with Crippen molar-refractivity contribution in [3.05, 3.63) is 24.3 Å². The van der Waals surface area contributed by atoms with Gasteiger partial charge in [0.25, 0.3) is 0 Å². The zero-order valence-electron chi connectivity index (χ0n) is 9.32. The maximum atomic E-state index is 4.00. The first kappa shape index (κ1) is 10.6. The van der Waals surface area contributed by atoms with Crippen LogP contribution in [0.2, 0.25) is 0 Å². The van der Waals surface area contributed by atoms with Crippen LogP contribution in [0.4, 0.5) is 0 Å². The summed E-state index contributed by atoms with van der Waals surface area (Å²) in [5.41, 5.74) is 1.17. The van der Waals surface area contributed by atoms with Gasteiger partial charge in [0.15, 0.2) is 0 Å². The van der Waals surface area contributed by atoms with Crippen molar-refractivity contribution in [2.45, 2.75) is 32.7 Å². The molecule has 1 aromatic heterocycles. The molecule has 1 fully saturated rings. The minimum Gasteiger partial charge on any atom is -0.312 e. The van der Waals surface area contributed by atoms with E-state index >= 15 is 0 Å². The van der Waals surface area contributed by atoms with Crippen molar-refractivity contribution in [1.29, 1.82) is 0 Å². The van der Waals surface area contributed by atoms with E-state index in [9.17, 15) is 0 Å². The van der Waals surface area contributed by atoms with Crippen LogP contribution in [0.15, 0.2) is 18.7 Å². The van der Waals surface area contributed by atoms with E-state index in [-0.39, 0.29) is 0 Å². The number of hydrogen-bond acceptors (Lipinski definition) is 3. The molecule has 0 amide bonds. The molecule has 82 valence electrons. The Morgan fingerprint density at radius 2 is 2.13 bits per heavy atom. The van der Waals surface area contributed by atoms with E-state index in [1.807, 2.05) is 12.4 Å². The van der Waals surface area contributed by atoms with Crippen LogP contribution in [0.25, 0.3) is 0 Å². The molecule has 0 aliphatic heterocycles. The van der Waals surface area contributed by atoms with E-state index in [0.29, 0.717) is 0 Å². The average molecular weight is 205 g/mol. The summed E-state index contributed by atoms with van der Waals surface area (Å²) in [6.45, 7) is 4.39. The molecular formula is C12H19N3. The van der Waals surface area contributed by atoms with Crippen LogP contribution in [0.5, 0.6) is 0 Å². The second-order valence-electron chi connectivity index (χ2n) is 4.55. The molecule has 0 spiro atoms. The number of nitrogens with one attached hydrogen (secondary N) is 1. The van der Waals surface area contributed by atoms with Gasteiger partial charge in [-0.2, -0.15) is 0 Å². The first-order valence-electron chi connectivity index (χ1n) is 5.81. The van der Waals surface area contributed by atoms with Gasteiger partial charge in [0.05, 0.1) is 0 Å². The van der Waals surface area contributed by atoms with Crippen molar-refractivity contribution >= 4 is 0 Å². The summed E-state index contributed by atoms with van der Waals surface area (Å²) in [5.74, 6) is 1.76. The lowest BCUT2D eigenvalue weighted by molar-refractivity contribution is 0.392. The summed E-state index contributed by atoms with van der Waals surface area (Å²) < 4.78 is 0. The van der Waals surface area contributed by atoms with Crippen LogP contribution in [-0.4, -0.2) is 16.5 Å². The molecule has 1 saturated carbocycles. The smallest absolute Gasteiger partial charge is 0.115 e. The molecule has 1 N–H and O–H groups in total. The van der Waals surface area contributed by atoms with Crippen molar-refractivity contribution in [2.75, 3.05) is 6.54 Å². The Bertz CT molecular complexity index is 286. The van der Waals surface area contributed by atoms with Gasteiger partial charge in [0, 0.05) is 24.5 Å². The fraction of sp³-hybridized carbons (Fsp3) is 0.667. The summed E-state index contributed by atoms with van der Waals surface area (Å²) in [5, 5.41) is 3.49. The van der Waals surface area contributed by atoms with Crippen LogP contribution >= 0.6 is 0 Å². The lowest BCUT2D eigenvalue weighted by atomic mass is 9.98. The topological polar surface area (TPSA) is 37.8 Å². The zero-order valence-corrected chi connectivity index (χ0v) is 9.32. The predicted octanol–water partition coefficient (Wildman–Crippen LogP) is 2.00. The Labute approximate surface area is 91.3 Å². The van der Waals surface area contributed by atoms with Gasteiger partial charge >= 0.3 is 0 Å². The third kappa shape index (κ3) is 2.99. The highest BCUT2D eigenvalue weighted by Gasteiger charge is 2.22. The molecule has 0 radical (unpaired) electrons. The van der Waals surface area contributed by atoms with Crippen LogP contribution < -0.4 is 5.32 Å². The van der Waals surface area contributed by atoms with E-state index in [0.717, 1.165) is 24.9 Å². The van der Waals surface area contributed by atoms with E-state index in [1.54, 1.807) is 6.33 Å². The van der Waals surface area contributed by atoms with Crippen LogP contribution in [-0.2, 0) is 6.54 Å². The molecule has 0 bridgehead atoms. The van der Waals surface area contributed by atoms with E-state index in [2.05, 4.69) is 22.2 Å². The maximum Gasteiger partial charge on any atom is 0.115 e. The standard InChI is InChI=1S/C12H19N3/c1-10-3-2-4-12(10)8-13-5-11-6-14-9-15-7-11/h6-7,9-10,12-13H,2-5,8H2,1H3. The van der Waals surface area contributed by atoms with E-state index < -0.39 is 0 Å². The molecule has 2 rings (SSSR count). The lowest BCUT2D eigenvalue weighted by Crippen LogP contribution is -2.24. The Balaban J connectivity index is 1.71. The highest BCUT2D eigenvalue weighted by atomic mass is 14.9. The highest BCUT2D eigenvalue weighted by molar-refractivity contribution is 5.01. The van der Waals surface area contributed by atoms with Crippen LogP contribution in [0, 0.1) is 11.8 Å². The van der Waals surface area contributed by atoms with Crippen molar-refractivity contribution in [3.8, 4) is 0 Å². The Kier molecular flexibility index (Phi) is 3.67. The Morgan fingerprint density at radius 1 is 1.33 bits per heavy atom. The highest BCUT2D eigenvalue weighted by Crippen LogP contribution is 2.30. The van der Waals surface area contributed by atoms with Gasteiger partial charge in [0.2, 0.25) is 0 Å². The fourth-order valence-corrected chi connectivity index (χ4v) is 2.35. The van der Waals surface area contributed by atoms with Crippen molar-refractivity contribution in [1.82, 2.24) is 15.3 Å². The third-order valence-corrected chi connectivity index (χ3v) is 3.39. The van der Waals surface area contributed by atoms with Gasteiger partial charge in [-0.15, -0.1) is 0 Å². The normalized spacial score (nSPS) is 25.7. The van der Waals surface area contributed by atoms with E-state index in [1.165, 1.54) is 24.8 Å².